The number of rotatable bonds is 7. The van der Waals surface area contributed by atoms with Crippen LogP contribution in [-0.4, -0.2) is 62.0 Å². The molecule has 10 nitrogen and oxygen atoms in total. The second kappa shape index (κ2) is 10.4. The molecule has 1 saturated heterocycles. The number of esters is 1. The standard InChI is InChI=1S/C26H26N8O2/c1-17-5-3-8-21(29-17)24-27-12-9-22(32-24)31-23-10-13-28-26(33-23)30-19-7-4-6-18(15-19)25(35)36-20-11-14-34(2)16-20/h3-10,12-13,15,20H,11,14,16H2,1-2H3,(H2,27,28,30,31,32,33)/t20-/m0/s1. The van der Waals surface area contributed by atoms with Gasteiger partial charge in [0.05, 0.1) is 5.56 Å². The molecule has 1 fully saturated rings. The Morgan fingerprint density at radius 3 is 2.58 bits per heavy atom. The summed E-state index contributed by atoms with van der Waals surface area (Å²) in [5.74, 6) is 1.69. The van der Waals surface area contributed by atoms with E-state index in [0.29, 0.717) is 40.4 Å². The van der Waals surface area contributed by atoms with E-state index < -0.39 is 0 Å². The summed E-state index contributed by atoms with van der Waals surface area (Å²) in [5, 5.41) is 6.33. The molecule has 1 aliphatic heterocycles. The van der Waals surface area contributed by atoms with E-state index in [-0.39, 0.29) is 12.1 Å². The van der Waals surface area contributed by atoms with Crippen molar-refractivity contribution in [3.8, 4) is 11.5 Å². The zero-order valence-corrected chi connectivity index (χ0v) is 20.0. The van der Waals surface area contributed by atoms with Crippen molar-refractivity contribution in [2.24, 2.45) is 0 Å². The van der Waals surface area contributed by atoms with E-state index in [0.717, 1.165) is 25.2 Å². The number of aryl methyl sites for hydroxylation is 1. The SMILES string of the molecule is Cc1cccc(-c2nccc(Nc3ccnc(Nc4cccc(C(=O)O[C@H]5CCN(C)C5)c4)n3)n2)n1. The van der Waals surface area contributed by atoms with Crippen LogP contribution in [0.4, 0.5) is 23.3 Å². The third kappa shape index (κ3) is 5.78. The van der Waals surface area contributed by atoms with Crippen LogP contribution in [-0.2, 0) is 4.74 Å². The van der Waals surface area contributed by atoms with Crippen LogP contribution in [0, 0.1) is 6.92 Å². The molecule has 0 saturated carbocycles. The fraction of sp³-hybridized carbons (Fsp3) is 0.231. The maximum Gasteiger partial charge on any atom is 0.338 e. The average Bonchev–Trinajstić information content (AvgIpc) is 3.29. The maximum absolute atomic E-state index is 12.6. The Morgan fingerprint density at radius 1 is 0.972 bits per heavy atom. The predicted octanol–water partition coefficient (Wildman–Crippen LogP) is 3.99. The van der Waals surface area contributed by atoms with Gasteiger partial charge in [-0.15, -0.1) is 0 Å². The van der Waals surface area contributed by atoms with Crippen molar-refractivity contribution < 1.29 is 9.53 Å². The van der Waals surface area contributed by atoms with Gasteiger partial charge in [0.2, 0.25) is 5.95 Å². The zero-order valence-electron chi connectivity index (χ0n) is 20.0. The van der Waals surface area contributed by atoms with Crippen LogP contribution < -0.4 is 10.6 Å². The zero-order chi connectivity index (χ0) is 24.9. The van der Waals surface area contributed by atoms with Gasteiger partial charge in [-0.25, -0.2) is 24.7 Å². The van der Waals surface area contributed by atoms with Crippen LogP contribution in [0.1, 0.15) is 22.5 Å². The molecule has 1 atom stereocenters. The van der Waals surface area contributed by atoms with Crippen LogP contribution in [0.15, 0.2) is 67.0 Å². The van der Waals surface area contributed by atoms with E-state index in [1.165, 1.54) is 0 Å². The van der Waals surface area contributed by atoms with E-state index in [9.17, 15) is 4.79 Å². The van der Waals surface area contributed by atoms with Crippen molar-refractivity contribution in [2.75, 3.05) is 30.8 Å². The Morgan fingerprint density at radius 2 is 1.78 bits per heavy atom. The quantitative estimate of drug-likeness (QED) is 0.374. The minimum atomic E-state index is -0.335. The lowest BCUT2D eigenvalue weighted by Crippen LogP contribution is -2.22. The highest BCUT2D eigenvalue weighted by Gasteiger charge is 2.23. The van der Waals surface area contributed by atoms with Gasteiger partial charge in [0.15, 0.2) is 5.82 Å². The van der Waals surface area contributed by atoms with Gasteiger partial charge in [-0.1, -0.05) is 12.1 Å². The number of anilines is 4. The van der Waals surface area contributed by atoms with E-state index in [2.05, 4.69) is 40.5 Å². The molecule has 3 aromatic heterocycles. The normalized spacial score (nSPS) is 15.4. The second-order valence-electron chi connectivity index (χ2n) is 8.60. The van der Waals surface area contributed by atoms with Gasteiger partial charge in [0.25, 0.3) is 0 Å². The smallest absolute Gasteiger partial charge is 0.338 e. The summed E-state index contributed by atoms with van der Waals surface area (Å²) >= 11 is 0. The fourth-order valence-electron chi connectivity index (χ4n) is 3.90. The van der Waals surface area contributed by atoms with E-state index in [1.54, 1.807) is 42.7 Å². The molecule has 0 radical (unpaired) electrons. The van der Waals surface area contributed by atoms with Crippen molar-refractivity contribution in [1.82, 2.24) is 29.8 Å². The van der Waals surface area contributed by atoms with Crippen LogP contribution in [0.25, 0.3) is 11.5 Å². The van der Waals surface area contributed by atoms with E-state index in [4.69, 9.17) is 4.74 Å². The number of ether oxygens (including phenoxy) is 1. The van der Waals surface area contributed by atoms with Gasteiger partial charge in [-0.3, -0.25) is 0 Å². The molecule has 36 heavy (non-hydrogen) atoms. The first kappa shape index (κ1) is 23.3. The molecule has 4 aromatic rings. The molecule has 1 aromatic carbocycles. The summed E-state index contributed by atoms with van der Waals surface area (Å²) in [7, 11) is 2.02. The molecule has 0 unspecified atom stereocenters. The monoisotopic (exact) mass is 482 g/mol. The number of nitrogens with zero attached hydrogens (tertiary/aromatic N) is 6. The number of aromatic nitrogens is 5. The highest BCUT2D eigenvalue weighted by atomic mass is 16.5. The van der Waals surface area contributed by atoms with Gasteiger partial charge in [0.1, 0.15) is 23.4 Å². The molecule has 2 N–H and O–H groups in total. The summed E-state index contributed by atoms with van der Waals surface area (Å²) in [6.07, 6.45) is 4.08. The Hall–Kier alpha value is -4.44. The van der Waals surface area contributed by atoms with Crippen LogP contribution in [0.2, 0.25) is 0 Å². The van der Waals surface area contributed by atoms with Gasteiger partial charge in [-0.2, -0.15) is 4.98 Å². The van der Waals surface area contributed by atoms with Gasteiger partial charge in [-0.05, 0) is 62.9 Å². The number of likely N-dealkylation sites (N-methyl/N-ethyl adjacent to an activating group) is 1. The summed E-state index contributed by atoms with van der Waals surface area (Å²) < 4.78 is 5.64. The molecular weight excluding hydrogens is 456 g/mol. The number of carbonyl (C=O) groups is 1. The first-order valence-electron chi connectivity index (χ1n) is 11.7. The number of benzene rings is 1. The maximum atomic E-state index is 12.6. The van der Waals surface area contributed by atoms with Crippen molar-refractivity contribution in [2.45, 2.75) is 19.4 Å². The number of hydrogen-bond acceptors (Lipinski definition) is 10. The van der Waals surface area contributed by atoms with Crippen molar-refractivity contribution in [3.63, 3.8) is 0 Å². The van der Waals surface area contributed by atoms with Gasteiger partial charge < -0.3 is 20.3 Å². The fourth-order valence-corrected chi connectivity index (χ4v) is 3.90. The molecule has 0 spiro atoms. The average molecular weight is 483 g/mol. The minimum Gasteiger partial charge on any atom is -0.457 e. The summed E-state index contributed by atoms with van der Waals surface area (Å²) in [5.41, 5.74) is 2.74. The first-order valence-corrected chi connectivity index (χ1v) is 11.7. The molecule has 182 valence electrons. The Balaban J connectivity index is 1.27. The van der Waals surface area contributed by atoms with Crippen molar-refractivity contribution >= 4 is 29.2 Å². The van der Waals surface area contributed by atoms with Crippen LogP contribution >= 0.6 is 0 Å². The largest absolute Gasteiger partial charge is 0.457 e. The Kier molecular flexibility index (Phi) is 6.76. The molecule has 0 amide bonds. The third-order valence-corrected chi connectivity index (χ3v) is 5.66. The minimum absolute atomic E-state index is 0.0748. The van der Waals surface area contributed by atoms with Crippen LogP contribution in [0.5, 0.6) is 0 Å². The molecular formula is C26H26N8O2. The van der Waals surface area contributed by atoms with Crippen LogP contribution in [0.3, 0.4) is 0 Å². The predicted molar refractivity (Wildman–Crippen MR) is 136 cm³/mol. The Bertz CT molecular complexity index is 1380. The number of hydrogen-bond donors (Lipinski definition) is 2. The molecule has 0 aliphatic carbocycles. The van der Waals surface area contributed by atoms with Crippen molar-refractivity contribution in [3.05, 3.63) is 78.2 Å². The Labute approximate surface area is 208 Å². The number of carbonyl (C=O) groups excluding carboxylic acids is 1. The van der Waals surface area contributed by atoms with Gasteiger partial charge in [0, 0.05) is 36.9 Å². The highest BCUT2D eigenvalue weighted by Crippen LogP contribution is 2.20. The molecule has 1 aliphatic rings. The molecule has 10 heteroatoms. The van der Waals surface area contributed by atoms with E-state index >= 15 is 0 Å². The van der Waals surface area contributed by atoms with Gasteiger partial charge >= 0.3 is 5.97 Å². The highest BCUT2D eigenvalue weighted by molar-refractivity contribution is 5.90. The molecule has 0 bridgehead atoms. The topological polar surface area (TPSA) is 118 Å². The number of nitrogens with one attached hydrogen (secondary N) is 2. The lowest BCUT2D eigenvalue weighted by molar-refractivity contribution is 0.0327. The first-order chi connectivity index (χ1) is 17.5. The summed E-state index contributed by atoms with van der Waals surface area (Å²) in [6.45, 7) is 3.61. The van der Waals surface area contributed by atoms with E-state index in [1.807, 2.05) is 38.2 Å². The number of likely N-dealkylation sites (tertiary alicyclic amines) is 1. The summed E-state index contributed by atoms with van der Waals surface area (Å²) in [6, 6.07) is 16.3. The molecule has 4 heterocycles. The number of pyridine rings is 1. The summed E-state index contributed by atoms with van der Waals surface area (Å²) in [4.78, 5) is 36.9. The second-order valence-corrected chi connectivity index (χ2v) is 8.60. The lowest BCUT2D eigenvalue weighted by Gasteiger charge is -2.13. The third-order valence-electron chi connectivity index (χ3n) is 5.66. The molecule has 5 rings (SSSR count). The lowest BCUT2D eigenvalue weighted by atomic mass is 10.2. The van der Waals surface area contributed by atoms with Crippen molar-refractivity contribution in [1.29, 1.82) is 0 Å².